The molecule has 1 aliphatic heterocycles. The predicted octanol–water partition coefficient (Wildman–Crippen LogP) is 1.50. The molecule has 0 amide bonds. The van der Waals surface area contributed by atoms with E-state index in [0.717, 1.165) is 5.56 Å². The fraction of sp³-hybridized carbons (Fsp3) is 0.300. The number of aliphatic imine (C=N–C) groups is 1. The van der Waals surface area contributed by atoms with Gasteiger partial charge in [-0.1, -0.05) is 11.6 Å². The van der Waals surface area contributed by atoms with Crippen molar-refractivity contribution in [2.24, 2.45) is 16.5 Å². The standard InChI is InChI=1S/C10H12ClN3O2.HI/c11-7-3-6(5-14-10(12)13)4-8-9(7)16-2-1-15-8;/h3-4H,1-2,5H2,(H4,12,13,14);1H. The highest BCUT2D eigenvalue weighted by Crippen LogP contribution is 2.38. The fourth-order valence-electron chi connectivity index (χ4n) is 1.44. The van der Waals surface area contributed by atoms with Crippen LogP contribution in [0.25, 0.3) is 0 Å². The summed E-state index contributed by atoms with van der Waals surface area (Å²) in [5.74, 6) is 1.27. The molecule has 0 aliphatic carbocycles. The van der Waals surface area contributed by atoms with Crippen molar-refractivity contribution in [1.82, 2.24) is 0 Å². The van der Waals surface area contributed by atoms with Gasteiger partial charge in [0.05, 0.1) is 11.6 Å². The van der Waals surface area contributed by atoms with E-state index in [-0.39, 0.29) is 29.9 Å². The van der Waals surface area contributed by atoms with E-state index in [1.54, 1.807) is 6.07 Å². The molecule has 0 spiro atoms. The van der Waals surface area contributed by atoms with Crippen molar-refractivity contribution < 1.29 is 9.47 Å². The van der Waals surface area contributed by atoms with Crippen molar-refractivity contribution in [3.05, 3.63) is 22.7 Å². The van der Waals surface area contributed by atoms with Crippen LogP contribution in [0.5, 0.6) is 11.5 Å². The van der Waals surface area contributed by atoms with Crippen molar-refractivity contribution in [3.8, 4) is 11.5 Å². The Morgan fingerprint density at radius 1 is 1.29 bits per heavy atom. The van der Waals surface area contributed by atoms with Gasteiger partial charge >= 0.3 is 0 Å². The molecule has 2 rings (SSSR count). The van der Waals surface area contributed by atoms with E-state index >= 15 is 0 Å². The summed E-state index contributed by atoms with van der Waals surface area (Å²) >= 11 is 6.05. The van der Waals surface area contributed by atoms with Gasteiger partial charge < -0.3 is 20.9 Å². The molecule has 0 atom stereocenters. The molecule has 4 N–H and O–H groups in total. The monoisotopic (exact) mass is 369 g/mol. The van der Waals surface area contributed by atoms with E-state index in [0.29, 0.717) is 36.3 Å². The summed E-state index contributed by atoms with van der Waals surface area (Å²) < 4.78 is 10.8. The first-order valence-electron chi connectivity index (χ1n) is 4.80. The summed E-state index contributed by atoms with van der Waals surface area (Å²) in [6.45, 7) is 1.41. The van der Waals surface area contributed by atoms with Gasteiger partial charge in [-0.3, -0.25) is 0 Å². The molecular weight excluding hydrogens is 356 g/mol. The topological polar surface area (TPSA) is 82.9 Å². The lowest BCUT2D eigenvalue weighted by Crippen LogP contribution is -2.22. The highest BCUT2D eigenvalue weighted by Gasteiger charge is 2.16. The van der Waals surface area contributed by atoms with Crippen LogP contribution in [0.3, 0.4) is 0 Å². The van der Waals surface area contributed by atoms with Gasteiger partial charge in [0.25, 0.3) is 0 Å². The normalized spacial score (nSPS) is 12.5. The van der Waals surface area contributed by atoms with Crippen LogP contribution in [0.4, 0.5) is 0 Å². The highest BCUT2D eigenvalue weighted by atomic mass is 127. The maximum Gasteiger partial charge on any atom is 0.186 e. The summed E-state index contributed by atoms with van der Waals surface area (Å²) in [5, 5.41) is 0.512. The molecule has 5 nitrogen and oxygen atoms in total. The molecule has 7 heteroatoms. The van der Waals surface area contributed by atoms with E-state index in [1.165, 1.54) is 0 Å². The van der Waals surface area contributed by atoms with E-state index in [9.17, 15) is 0 Å². The van der Waals surface area contributed by atoms with Crippen molar-refractivity contribution >= 4 is 41.5 Å². The molecule has 1 aromatic carbocycles. The molecule has 1 aromatic rings. The van der Waals surface area contributed by atoms with Crippen molar-refractivity contribution in [3.63, 3.8) is 0 Å². The van der Waals surface area contributed by atoms with Crippen molar-refractivity contribution in [2.45, 2.75) is 6.54 Å². The van der Waals surface area contributed by atoms with Gasteiger partial charge in [-0.15, -0.1) is 24.0 Å². The molecule has 1 aliphatic rings. The maximum absolute atomic E-state index is 6.05. The zero-order valence-electron chi connectivity index (χ0n) is 8.98. The third kappa shape index (κ3) is 3.53. The zero-order chi connectivity index (χ0) is 11.5. The summed E-state index contributed by atoms with van der Waals surface area (Å²) in [7, 11) is 0. The first kappa shape index (κ1) is 14.2. The summed E-state index contributed by atoms with van der Waals surface area (Å²) in [6, 6.07) is 3.59. The molecule has 0 saturated carbocycles. The SMILES string of the molecule is I.NC(N)=NCc1cc(Cl)c2c(c1)OCCO2. The van der Waals surface area contributed by atoms with Crippen LogP contribution in [0.2, 0.25) is 5.02 Å². The second-order valence-electron chi connectivity index (χ2n) is 3.34. The molecule has 0 fully saturated rings. The molecule has 0 unspecified atom stereocenters. The lowest BCUT2D eigenvalue weighted by atomic mass is 10.2. The Labute approximate surface area is 121 Å². The van der Waals surface area contributed by atoms with Crippen LogP contribution in [0.1, 0.15) is 5.56 Å². The molecule has 0 saturated heterocycles. The van der Waals surface area contributed by atoms with Gasteiger partial charge in [0.2, 0.25) is 0 Å². The van der Waals surface area contributed by atoms with E-state index < -0.39 is 0 Å². The minimum atomic E-state index is 0. The average molecular weight is 370 g/mol. The highest BCUT2D eigenvalue weighted by molar-refractivity contribution is 14.0. The Morgan fingerprint density at radius 3 is 2.71 bits per heavy atom. The number of guanidine groups is 1. The van der Waals surface area contributed by atoms with Crippen LogP contribution in [-0.2, 0) is 6.54 Å². The van der Waals surface area contributed by atoms with Crippen LogP contribution >= 0.6 is 35.6 Å². The van der Waals surface area contributed by atoms with Gasteiger partial charge in [0, 0.05) is 0 Å². The average Bonchev–Trinajstić information content (AvgIpc) is 2.26. The lowest BCUT2D eigenvalue weighted by Gasteiger charge is -2.20. The van der Waals surface area contributed by atoms with Crippen LogP contribution in [-0.4, -0.2) is 19.2 Å². The van der Waals surface area contributed by atoms with Gasteiger partial charge in [0.15, 0.2) is 17.5 Å². The quantitative estimate of drug-likeness (QED) is 0.470. The zero-order valence-corrected chi connectivity index (χ0v) is 12.1. The minimum absolute atomic E-state index is 0. The van der Waals surface area contributed by atoms with E-state index in [4.69, 9.17) is 32.5 Å². The Hall–Kier alpha value is -0.890. The Balaban J connectivity index is 0.00000144. The summed E-state index contributed by atoms with van der Waals surface area (Å²) in [5.41, 5.74) is 11.4. The van der Waals surface area contributed by atoms with Gasteiger partial charge in [-0.25, -0.2) is 4.99 Å². The van der Waals surface area contributed by atoms with Crippen LogP contribution < -0.4 is 20.9 Å². The number of benzene rings is 1. The number of nitrogens with two attached hydrogens (primary N) is 2. The number of fused-ring (bicyclic) bond motifs is 1. The first-order chi connectivity index (χ1) is 7.66. The number of hydrogen-bond donors (Lipinski definition) is 2. The second kappa shape index (κ2) is 6.15. The lowest BCUT2D eigenvalue weighted by molar-refractivity contribution is 0.171. The molecule has 1 heterocycles. The number of halogens is 2. The first-order valence-corrected chi connectivity index (χ1v) is 5.18. The van der Waals surface area contributed by atoms with Crippen LogP contribution in [0, 0.1) is 0 Å². The van der Waals surface area contributed by atoms with Gasteiger partial charge in [0.1, 0.15) is 13.2 Å². The van der Waals surface area contributed by atoms with Crippen molar-refractivity contribution in [1.29, 1.82) is 0 Å². The Bertz CT molecular complexity index is 436. The number of ether oxygens (including phenoxy) is 2. The Kier molecular flexibility index (Phi) is 5.13. The Morgan fingerprint density at radius 2 is 2.00 bits per heavy atom. The largest absolute Gasteiger partial charge is 0.486 e. The second-order valence-corrected chi connectivity index (χ2v) is 3.75. The van der Waals surface area contributed by atoms with Gasteiger partial charge in [-0.05, 0) is 17.7 Å². The smallest absolute Gasteiger partial charge is 0.186 e. The van der Waals surface area contributed by atoms with E-state index in [2.05, 4.69) is 4.99 Å². The minimum Gasteiger partial charge on any atom is -0.486 e. The molecule has 0 bridgehead atoms. The third-order valence-electron chi connectivity index (χ3n) is 2.10. The molecule has 17 heavy (non-hydrogen) atoms. The van der Waals surface area contributed by atoms with Crippen LogP contribution in [0.15, 0.2) is 17.1 Å². The predicted molar refractivity (Wildman–Crippen MR) is 77.4 cm³/mol. The fourth-order valence-corrected chi connectivity index (χ4v) is 1.73. The van der Waals surface area contributed by atoms with Gasteiger partial charge in [-0.2, -0.15) is 0 Å². The van der Waals surface area contributed by atoms with Crippen molar-refractivity contribution in [2.75, 3.05) is 13.2 Å². The van der Waals surface area contributed by atoms with E-state index in [1.807, 2.05) is 6.07 Å². The molecule has 94 valence electrons. The molecule has 0 aromatic heterocycles. The number of nitrogens with zero attached hydrogens (tertiary/aromatic N) is 1. The maximum atomic E-state index is 6.05. The molecule has 0 radical (unpaired) electrons. The molecular formula is C10H13ClIN3O2. The third-order valence-corrected chi connectivity index (χ3v) is 2.38. The number of rotatable bonds is 2. The number of hydrogen-bond acceptors (Lipinski definition) is 3. The summed E-state index contributed by atoms with van der Waals surface area (Å²) in [6.07, 6.45) is 0. The summed E-state index contributed by atoms with van der Waals surface area (Å²) in [4.78, 5) is 3.90.